The highest BCUT2D eigenvalue weighted by atomic mass is 15.2. The van der Waals surface area contributed by atoms with Gasteiger partial charge in [0.25, 0.3) is 0 Å². The molecule has 5 heteroatoms. The fourth-order valence-electron chi connectivity index (χ4n) is 3.34. The van der Waals surface area contributed by atoms with E-state index < -0.39 is 0 Å². The second-order valence-corrected chi connectivity index (χ2v) is 5.96. The Labute approximate surface area is 128 Å². The Morgan fingerprint density at radius 3 is 2.91 bits per heavy atom. The molecule has 0 saturated heterocycles. The zero-order valence-corrected chi connectivity index (χ0v) is 12.8. The lowest BCUT2D eigenvalue weighted by Crippen LogP contribution is -2.02. The molecule has 1 aliphatic carbocycles. The van der Waals surface area contributed by atoms with Gasteiger partial charge in [0.05, 0.1) is 5.39 Å². The Morgan fingerprint density at radius 1 is 1.18 bits per heavy atom. The number of aryl methyl sites for hydroxylation is 2. The number of rotatable bonds is 2. The highest BCUT2D eigenvalue weighted by molar-refractivity contribution is 5.92. The molecule has 0 atom stereocenters. The molecule has 0 bridgehead atoms. The van der Waals surface area contributed by atoms with E-state index in [0.29, 0.717) is 5.82 Å². The summed E-state index contributed by atoms with van der Waals surface area (Å²) in [6.45, 7) is 4.13. The Bertz CT molecular complexity index is 878. The number of anilines is 3. The minimum Gasteiger partial charge on any atom is -0.382 e. The van der Waals surface area contributed by atoms with Crippen LogP contribution in [0.5, 0.6) is 0 Å². The van der Waals surface area contributed by atoms with Crippen LogP contribution in [0.25, 0.3) is 11.0 Å². The smallest absolute Gasteiger partial charge is 0.160 e. The number of pyridine rings is 1. The van der Waals surface area contributed by atoms with E-state index in [2.05, 4.69) is 52.5 Å². The average molecular weight is 293 g/mol. The molecule has 0 radical (unpaired) electrons. The van der Waals surface area contributed by atoms with E-state index in [0.717, 1.165) is 40.1 Å². The van der Waals surface area contributed by atoms with Crippen LogP contribution in [0.4, 0.5) is 17.3 Å². The number of aromatic amines is 1. The predicted octanol–water partition coefficient (Wildman–Crippen LogP) is 3.39. The summed E-state index contributed by atoms with van der Waals surface area (Å²) in [5.41, 5.74) is 12.9. The zero-order chi connectivity index (χ0) is 15.3. The number of fused-ring (bicyclic) bond motifs is 2. The van der Waals surface area contributed by atoms with Crippen LogP contribution < -0.4 is 11.1 Å². The van der Waals surface area contributed by atoms with Gasteiger partial charge in [0, 0.05) is 5.69 Å². The van der Waals surface area contributed by atoms with Gasteiger partial charge in [0.15, 0.2) is 11.5 Å². The Hall–Kier alpha value is -2.56. The Morgan fingerprint density at radius 2 is 2.05 bits per heavy atom. The quantitative estimate of drug-likeness (QED) is 0.676. The summed E-state index contributed by atoms with van der Waals surface area (Å²) in [6.07, 6.45) is 3.54. The first-order chi connectivity index (χ1) is 10.6. The van der Waals surface area contributed by atoms with Crippen molar-refractivity contribution in [1.29, 1.82) is 0 Å². The van der Waals surface area contributed by atoms with E-state index >= 15 is 0 Å². The van der Waals surface area contributed by atoms with Crippen molar-refractivity contribution >= 4 is 28.4 Å². The van der Waals surface area contributed by atoms with Gasteiger partial charge in [-0.2, -0.15) is 5.10 Å². The molecule has 1 aliphatic rings. The first-order valence-electron chi connectivity index (χ1n) is 7.63. The lowest BCUT2D eigenvalue weighted by molar-refractivity contribution is 0.912. The van der Waals surface area contributed by atoms with Crippen LogP contribution in [-0.4, -0.2) is 15.2 Å². The zero-order valence-electron chi connectivity index (χ0n) is 12.8. The van der Waals surface area contributed by atoms with E-state index in [1.54, 1.807) is 0 Å². The van der Waals surface area contributed by atoms with E-state index in [-0.39, 0.29) is 0 Å². The first kappa shape index (κ1) is 13.1. The van der Waals surface area contributed by atoms with Crippen molar-refractivity contribution < 1.29 is 0 Å². The maximum absolute atomic E-state index is 5.92. The molecule has 0 fully saturated rings. The normalized spacial score (nSPS) is 13.5. The van der Waals surface area contributed by atoms with E-state index in [1.807, 2.05) is 0 Å². The van der Waals surface area contributed by atoms with Crippen LogP contribution in [0.2, 0.25) is 0 Å². The molecule has 4 rings (SSSR count). The second-order valence-electron chi connectivity index (χ2n) is 5.96. The van der Waals surface area contributed by atoms with Gasteiger partial charge in [0.1, 0.15) is 5.82 Å². The summed E-state index contributed by atoms with van der Waals surface area (Å²) in [6, 6.07) is 6.46. The van der Waals surface area contributed by atoms with Crippen LogP contribution >= 0.6 is 0 Å². The fourth-order valence-corrected chi connectivity index (χ4v) is 3.34. The second kappa shape index (κ2) is 4.73. The molecular formula is C17H19N5. The summed E-state index contributed by atoms with van der Waals surface area (Å²) in [5, 5.41) is 11.4. The largest absolute Gasteiger partial charge is 0.382 e. The summed E-state index contributed by atoms with van der Waals surface area (Å²) in [5.74, 6) is 1.38. The molecule has 1 aromatic carbocycles. The van der Waals surface area contributed by atoms with Gasteiger partial charge < -0.3 is 11.1 Å². The lowest BCUT2D eigenvalue weighted by Gasteiger charge is -2.14. The molecule has 112 valence electrons. The standard InChI is InChI=1S/C17H19N5/c1-9-10(2)16(20-17-14(9)15(18)21-22-17)19-13-8-4-6-11-5-3-7-12(11)13/h4,6,8H,3,5,7H2,1-2H3,(H4,18,19,20,21,22). The molecule has 0 saturated carbocycles. The third-order valence-corrected chi connectivity index (χ3v) is 4.69. The SMILES string of the molecule is Cc1c(Nc2cccc3c2CCC3)nc2[nH]nc(N)c2c1C. The summed E-state index contributed by atoms with van der Waals surface area (Å²) in [7, 11) is 0. The van der Waals surface area contributed by atoms with Crippen molar-refractivity contribution in [2.75, 3.05) is 11.1 Å². The molecule has 22 heavy (non-hydrogen) atoms. The maximum atomic E-state index is 5.92. The molecule has 0 unspecified atom stereocenters. The minimum atomic E-state index is 0.509. The number of benzene rings is 1. The molecule has 4 N–H and O–H groups in total. The number of nitrogens with one attached hydrogen (secondary N) is 2. The summed E-state index contributed by atoms with van der Waals surface area (Å²) in [4.78, 5) is 4.67. The average Bonchev–Trinajstić information content (AvgIpc) is 3.12. The van der Waals surface area contributed by atoms with Crippen LogP contribution in [0.3, 0.4) is 0 Å². The van der Waals surface area contributed by atoms with E-state index in [9.17, 15) is 0 Å². The fraction of sp³-hybridized carbons (Fsp3) is 0.294. The topological polar surface area (TPSA) is 79.6 Å². The van der Waals surface area contributed by atoms with Crippen LogP contribution in [-0.2, 0) is 12.8 Å². The lowest BCUT2D eigenvalue weighted by atomic mass is 10.1. The van der Waals surface area contributed by atoms with E-state index in [1.165, 1.54) is 24.0 Å². The van der Waals surface area contributed by atoms with Crippen molar-refractivity contribution in [3.05, 3.63) is 40.5 Å². The molecular weight excluding hydrogens is 274 g/mol. The molecule has 0 spiro atoms. The number of nitrogens with two attached hydrogens (primary N) is 1. The van der Waals surface area contributed by atoms with Gasteiger partial charge in [-0.25, -0.2) is 4.98 Å². The van der Waals surface area contributed by atoms with Gasteiger partial charge in [-0.05, 0) is 61.4 Å². The van der Waals surface area contributed by atoms with Crippen molar-refractivity contribution in [3.8, 4) is 0 Å². The highest BCUT2D eigenvalue weighted by Gasteiger charge is 2.17. The molecule has 2 heterocycles. The molecule has 5 nitrogen and oxygen atoms in total. The first-order valence-corrected chi connectivity index (χ1v) is 7.63. The molecule has 2 aromatic heterocycles. The number of nitrogen functional groups attached to an aromatic ring is 1. The molecule has 3 aromatic rings. The van der Waals surface area contributed by atoms with Gasteiger partial charge in [-0.15, -0.1) is 0 Å². The number of hydrogen-bond donors (Lipinski definition) is 3. The number of nitrogens with zero attached hydrogens (tertiary/aromatic N) is 2. The monoisotopic (exact) mass is 293 g/mol. The predicted molar refractivity (Wildman–Crippen MR) is 89.5 cm³/mol. The number of aromatic nitrogens is 3. The highest BCUT2D eigenvalue weighted by Crippen LogP contribution is 2.33. The Balaban J connectivity index is 1.83. The Kier molecular flexibility index (Phi) is 2.82. The third kappa shape index (κ3) is 1.85. The number of hydrogen-bond acceptors (Lipinski definition) is 4. The van der Waals surface area contributed by atoms with Gasteiger partial charge in [-0.3, -0.25) is 5.10 Å². The molecule has 0 amide bonds. The summed E-state index contributed by atoms with van der Waals surface area (Å²) >= 11 is 0. The van der Waals surface area contributed by atoms with Crippen LogP contribution in [0.15, 0.2) is 18.2 Å². The maximum Gasteiger partial charge on any atom is 0.160 e. The van der Waals surface area contributed by atoms with Crippen molar-refractivity contribution in [1.82, 2.24) is 15.2 Å². The third-order valence-electron chi connectivity index (χ3n) is 4.69. The van der Waals surface area contributed by atoms with Crippen molar-refractivity contribution in [2.24, 2.45) is 0 Å². The number of H-pyrrole nitrogens is 1. The van der Waals surface area contributed by atoms with Gasteiger partial charge >= 0.3 is 0 Å². The van der Waals surface area contributed by atoms with E-state index in [4.69, 9.17) is 5.73 Å². The van der Waals surface area contributed by atoms with Gasteiger partial charge in [-0.1, -0.05) is 12.1 Å². The van der Waals surface area contributed by atoms with Crippen LogP contribution in [0.1, 0.15) is 28.7 Å². The van der Waals surface area contributed by atoms with Crippen LogP contribution in [0, 0.1) is 13.8 Å². The summed E-state index contributed by atoms with van der Waals surface area (Å²) < 4.78 is 0. The van der Waals surface area contributed by atoms with Crippen molar-refractivity contribution in [3.63, 3.8) is 0 Å². The van der Waals surface area contributed by atoms with Crippen molar-refractivity contribution in [2.45, 2.75) is 33.1 Å². The minimum absolute atomic E-state index is 0.509. The van der Waals surface area contributed by atoms with Gasteiger partial charge in [0.2, 0.25) is 0 Å². The molecule has 0 aliphatic heterocycles.